The Kier molecular flexibility index (Phi) is 13.1. The molecule has 9 heteroatoms. The van der Waals surface area contributed by atoms with Crippen molar-refractivity contribution in [2.24, 2.45) is 17.6 Å². The van der Waals surface area contributed by atoms with Crippen molar-refractivity contribution in [1.29, 1.82) is 0 Å². The second kappa shape index (κ2) is 18.3. The number of carbonyl (C=O) groups is 2. The lowest BCUT2D eigenvalue weighted by Gasteiger charge is -2.43. The molecule has 0 aliphatic carbocycles. The van der Waals surface area contributed by atoms with E-state index in [9.17, 15) is 14.7 Å². The first-order valence-electron chi connectivity index (χ1n) is 18.8. The number of nitrogens with two attached hydrogens (primary N) is 1. The van der Waals surface area contributed by atoms with Crippen LogP contribution in [0.2, 0.25) is 0 Å². The second-order valence-electron chi connectivity index (χ2n) is 14.2. The molecule has 0 saturated carbocycles. The third-order valence-corrected chi connectivity index (χ3v) is 10.6. The van der Waals surface area contributed by atoms with Gasteiger partial charge in [-0.1, -0.05) is 103 Å². The minimum Gasteiger partial charge on any atom is -0.459 e. The molecule has 2 heterocycles. The van der Waals surface area contributed by atoms with Gasteiger partial charge in [0.2, 0.25) is 5.60 Å². The number of nitrogens with zero attached hydrogens (tertiary/aromatic N) is 2. The van der Waals surface area contributed by atoms with E-state index in [2.05, 4.69) is 69.0 Å². The number of nitrogens with one attached hydrogen (secondary N) is 2. The standard InChI is InChI=1S/C43H53N5O4/c44-24-11-25-45-42(50)46-39-19-10-18-38(30-39)43(51,37-16-8-3-9-17-37)41(49)52-40(35-20-26-47(27-21-35)31-33-12-4-1-5-13-33)36-22-28-48(29-23-36)32-34-14-6-2-7-15-34/h1-10,12-19,30,35-36,40,51H,11,20-29,31-32,44H2,(H2,45,46,50). The van der Waals surface area contributed by atoms with E-state index in [4.69, 9.17) is 10.5 Å². The van der Waals surface area contributed by atoms with Crippen molar-refractivity contribution in [3.63, 3.8) is 0 Å². The summed E-state index contributed by atoms with van der Waals surface area (Å²) in [4.78, 5) is 32.2. The van der Waals surface area contributed by atoms with E-state index in [1.165, 1.54) is 11.1 Å². The third kappa shape index (κ3) is 9.66. The van der Waals surface area contributed by atoms with Crippen LogP contribution in [0.4, 0.5) is 10.5 Å². The van der Waals surface area contributed by atoms with Gasteiger partial charge in [-0.15, -0.1) is 0 Å². The maximum absolute atomic E-state index is 14.7. The molecule has 274 valence electrons. The van der Waals surface area contributed by atoms with Gasteiger partial charge in [0, 0.05) is 30.9 Å². The lowest BCUT2D eigenvalue weighted by molar-refractivity contribution is -0.177. The van der Waals surface area contributed by atoms with Gasteiger partial charge in [0.05, 0.1) is 0 Å². The molecule has 4 aromatic carbocycles. The maximum Gasteiger partial charge on any atom is 0.347 e. The first kappa shape index (κ1) is 37.2. The predicted octanol–water partition coefficient (Wildman–Crippen LogP) is 6.13. The van der Waals surface area contributed by atoms with Crippen LogP contribution in [0.15, 0.2) is 115 Å². The summed E-state index contributed by atoms with van der Waals surface area (Å²) in [5.74, 6) is -0.342. The molecule has 4 aromatic rings. The molecular formula is C43H53N5O4. The summed E-state index contributed by atoms with van der Waals surface area (Å²) < 4.78 is 6.66. The summed E-state index contributed by atoms with van der Waals surface area (Å²) in [6.45, 7) is 6.41. The molecule has 1 atom stereocenters. The highest BCUT2D eigenvalue weighted by Crippen LogP contribution is 2.38. The van der Waals surface area contributed by atoms with Crippen molar-refractivity contribution in [2.45, 2.75) is 56.9 Å². The van der Waals surface area contributed by atoms with Crippen LogP contribution in [0.3, 0.4) is 0 Å². The van der Waals surface area contributed by atoms with Crippen LogP contribution in [0.25, 0.3) is 0 Å². The molecule has 0 spiro atoms. The summed E-state index contributed by atoms with van der Waals surface area (Å²) in [5.41, 5.74) is 7.28. The number of anilines is 1. The molecule has 2 amide bonds. The number of likely N-dealkylation sites (tertiary alicyclic amines) is 2. The third-order valence-electron chi connectivity index (χ3n) is 10.6. The van der Waals surface area contributed by atoms with Crippen LogP contribution in [-0.2, 0) is 28.2 Å². The maximum atomic E-state index is 14.7. The Hall–Kier alpha value is -4.54. The number of benzene rings is 4. The Balaban J connectivity index is 1.22. The molecule has 2 aliphatic heterocycles. The Morgan fingerprint density at radius 3 is 1.75 bits per heavy atom. The summed E-state index contributed by atoms with van der Waals surface area (Å²) in [7, 11) is 0. The normalized spacial score (nSPS) is 17.4. The topological polar surface area (TPSA) is 120 Å². The van der Waals surface area contributed by atoms with Crippen molar-refractivity contribution in [3.05, 3.63) is 138 Å². The van der Waals surface area contributed by atoms with Crippen molar-refractivity contribution in [2.75, 3.05) is 44.6 Å². The van der Waals surface area contributed by atoms with Gasteiger partial charge in [0.15, 0.2) is 0 Å². The second-order valence-corrected chi connectivity index (χ2v) is 14.2. The average Bonchev–Trinajstić information content (AvgIpc) is 3.18. The van der Waals surface area contributed by atoms with E-state index in [1.807, 2.05) is 30.3 Å². The van der Waals surface area contributed by atoms with Crippen LogP contribution < -0.4 is 16.4 Å². The summed E-state index contributed by atoms with van der Waals surface area (Å²) in [5, 5.41) is 18.2. The number of rotatable bonds is 14. The zero-order valence-corrected chi connectivity index (χ0v) is 30.0. The molecule has 0 bridgehead atoms. The van der Waals surface area contributed by atoms with Crippen LogP contribution in [0.1, 0.15) is 54.4 Å². The van der Waals surface area contributed by atoms with E-state index in [0.29, 0.717) is 36.3 Å². The highest BCUT2D eigenvalue weighted by atomic mass is 16.6. The largest absolute Gasteiger partial charge is 0.459 e. The zero-order valence-electron chi connectivity index (χ0n) is 30.0. The van der Waals surface area contributed by atoms with Gasteiger partial charge in [0.25, 0.3) is 0 Å². The van der Waals surface area contributed by atoms with Gasteiger partial charge in [-0.25, -0.2) is 9.59 Å². The van der Waals surface area contributed by atoms with Crippen molar-refractivity contribution >= 4 is 17.7 Å². The zero-order chi connectivity index (χ0) is 36.2. The van der Waals surface area contributed by atoms with Gasteiger partial charge in [0.1, 0.15) is 6.10 Å². The number of aliphatic hydroxyl groups is 1. The molecule has 9 nitrogen and oxygen atoms in total. The molecule has 2 saturated heterocycles. The Morgan fingerprint density at radius 1 is 0.731 bits per heavy atom. The molecular weight excluding hydrogens is 651 g/mol. The van der Waals surface area contributed by atoms with E-state index in [0.717, 1.165) is 65.0 Å². The van der Waals surface area contributed by atoms with E-state index >= 15 is 0 Å². The first-order chi connectivity index (χ1) is 25.4. The lowest BCUT2D eigenvalue weighted by Crippen LogP contribution is -2.48. The van der Waals surface area contributed by atoms with Gasteiger partial charge in [-0.3, -0.25) is 9.80 Å². The summed E-state index contributed by atoms with van der Waals surface area (Å²) >= 11 is 0. The minimum atomic E-state index is -2.09. The molecule has 2 fully saturated rings. The van der Waals surface area contributed by atoms with Crippen LogP contribution in [0.5, 0.6) is 0 Å². The number of amides is 2. The molecule has 1 unspecified atom stereocenters. The van der Waals surface area contributed by atoms with Crippen molar-refractivity contribution in [3.8, 4) is 0 Å². The fourth-order valence-corrected chi connectivity index (χ4v) is 7.73. The first-order valence-corrected chi connectivity index (χ1v) is 18.8. The van der Waals surface area contributed by atoms with E-state index in [-0.39, 0.29) is 24.0 Å². The Labute approximate surface area is 308 Å². The van der Waals surface area contributed by atoms with Crippen LogP contribution in [-0.4, -0.2) is 72.3 Å². The van der Waals surface area contributed by atoms with Gasteiger partial charge in [-0.05, 0) is 105 Å². The summed E-state index contributed by atoms with van der Waals surface area (Å²) in [6, 6.07) is 36.5. The minimum absolute atomic E-state index is 0.173. The molecule has 2 aliphatic rings. The number of urea groups is 1. The van der Waals surface area contributed by atoms with Crippen LogP contribution in [0, 0.1) is 11.8 Å². The molecule has 52 heavy (non-hydrogen) atoms. The average molecular weight is 704 g/mol. The monoisotopic (exact) mass is 703 g/mol. The van der Waals surface area contributed by atoms with Gasteiger partial charge in [-0.2, -0.15) is 0 Å². The molecule has 5 N–H and O–H groups in total. The SMILES string of the molecule is NCCCNC(=O)Nc1cccc(C(O)(C(=O)OC(C2CCN(Cc3ccccc3)CC2)C2CCN(Cc3ccccc3)CC2)c2ccccc2)c1. The molecule has 0 radical (unpaired) electrons. The van der Waals surface area contributed by atoms with E-state index < -0.39 is 11.6 Å². The highest BCUT2D eigenvalue weighted by molar-refractivity contribution is 5.90. The highest BCUT2D eigenvalue weighted by Gasteiger charge is 2.46. The summed E-state index contributed by atoms with van der Waals surface area (Å²) in [6.07, 6.45) is 3.98. The number of hydrogen-bond acceptors (Lipinski definition) is 7. The predicted molar refractivity (Wildman–Crippen MR) is 205 cm³/mol. The van der Waals surface area contributed by atoms with Crippen molar-refractivity contribution < 1.29 is 19.4 Å². The fourth-order valence-electron chi connectivity index (χ4n) is 7.73. The van der Waals surface area contributed by atoms with Crippen LogP contribution >= 0.6 is 0 Å². The van der Waals surface area contributed by atoms with Crippen molar-refractivity contribution in [1.82, 2.24) is 15.1 Å². The molecule has 6 rings (SSSR count). The fraction of sp³-hybridized carbons (Fsp3) is 0.395. The number of carbonyl (C=O) groups excluding carboxylic acids is 2. The number of piperidine rings is 2. The van der Waals surface area contributed by atoms with E-state index in [1.54, 1.807) is 36.4 Å². The number of esters is 1. The van der Waals surface area contributed by atoms with Gasteiger partial charge >= 0.3 is 12.0 Å². The van der Waals surface area contributed by atoms with Gasteiger partial charge < -0.3 is 26.2 Å². The quantitative estimate of drug-likeness (QED) is 0.0922. The molecule has 0 aromatic heterocycles. The Morgan fingerprint density at radius 2 is 1.23 bits per heavy atom. The lowest BCUT2D eigenvalue weighted by atomic mass is 9.79. The number of hydrogen-bond donors (Lipinski definition) is 4. The number of ether oxygens (including phenoxy) is 1. The Bertz CT molecular complexity index is 1630. The smallest absolute Gasteiger partial charge is 0.347 e.